The minimum absolute atomic E-state index is 0.476. The van der Waals surface area contributed by atoms with Gasteiger partial charge >= 0.3 is 5.97 Å². The lowest BCUT2D eigenvalue weighted by Crippen LogP contribution is -2.51. The molecule has 0 bridgehead atoms. The number of benzene rings is 1. The predicted molar refractivity (Wildman–Crippen MR) is 76.5 cm³/mol. The van der Waals surface area contributed by atoms with Gasteiger partial charge in [0.05, 0.1) is 0 Å². The molecule has 0 aliphatic carbocycles. The van der Waals surface area contributed by atoms with E-state index in [1.165, 1.54) is 11.8 Å². The fourth-order valence-corrected chi connectivity index (χ4v) is 2.48. The van der Waals surface area contributed by atoms with Gasteiger partial charge in [0.2, 0.25) is 0 Å². The quantitative estimate of drug-likeness (QED) is 0.756. The molecule has 3 nitrogen and oxygen atoms in total. The minimum atomic E-state index is -0.902. The second-order valence-electron chi connectivity index (χ2n) is 4.31. The van der Waals surface area contributed by atoms with Gasteiger partial charge < -0.3 is 10.4 Å². The van der Waals surface area contributed by atoms with Crippen LogP contribution in [-0.4, -0.2) is 28.9 Å². The Kier molecular flexibility index (Phi) is 5.99. The van der Waals surface area contributed by atoms with Crippen molar-refractivity contribution in [2.24, 2.45) is 0 Å². The van der Waals surface area contributed by atoms with Crippen LogP contribution >= 0.6 is 23.4 Å². The summed E-state index contributed by atoms with van der Waals surface area (Å²) in [6.45, 7) is 4.43. The van der Waals surface area contributed by atoms with Crippen molar-refractivity contribution in [1.82, 2.24) is 5.32 Å². The number of carboxylic acid groups (broad SMARTS) is 1. The van der Waals surface area contributed by atoms with Crippen LogP contribution in [0.4, 0.5) is 0 Å². The molecule has 0 aliphatic rings. The van der Waals surface area contributed by atoms with Gasteiger partial charge in [-0.2, -0.15) is 0 Å². The standard InChI is InChI=1S/C13H18ClNO2S/c1-3-8-15-13(2,12(16)17)9-18-11-6-4-10(14)5-7-11/h4-7,15H,3,8-9H2,1-2H3,(H,16,17). The highest BCUT2D eigenvalue weighted by Gasteiger charge is 2.32. The average molecular weight is 288 g/mol. The molecule has 0 saturated heterocycles. The topological polar surface area (TPSA) is 49.3 Å². The molecule has 100 valence electrons. The summed E-state index contributed by atoms with van der Waals surface area (Å²) in [5.41, 5.74) is -0.902. The van der Waals surface area contributed by atoms with E-state index in [0.29, 0.717) is 17.3 Å². The molecular formula is C13H18ClNO2S. The summed E-state index contributed by atoms with van der Waals surface area (Å²) in [5, 5.41) is 13.0. The molecule has 0 heterocycles. The van der Waals surface area contributed by atoms with Gasteiger partial charge in [0.1, 0.15) is 5.54 Å². The molecule has 0 radical (unpaired) electrons. The molecule has 1 aromatic carbocycles. The summed E-state index contributed by atoms with van der Waals surface area (Å²) >= 11 is 7.32. The molecule has 0 spiro atoms. The maximum absolute atomic E-state index is 11.3. The Hall–Kier alpha value is -0.710. The van der Waals surface area contributed by atoms with Gasteiger partial charge in [-0.25, -0.2) is 0 Å². The van der Waals surface area contributed by atoms with Crippen LogP contribution in [0.5, 0.6) is 0 Å². The molecule has 0 fully saturated rings. The van der Waals surface area contributed by atoms with Crippen LogP contribution in [0.1, 0.15) is 20.3 Å². The summed E-state index contributed by atoms with van der Waals surface area (Å²) in [6.07, 6.45) is 0.911. The van der Waals surface area contributed by atoms with E-state index in [2.05, 4.69) is 5.32 Å². The number of halogens is 1. The zero-order valence-electron chi connectivity index (χ0n) is 10.6. The van der Waals surface area contributed by atoms with Crippen LogP contribution in [0.15, 0.2) is 29.2 Å². The third-order valence-electron chi connectivity index (χ3n) is 2.58. The van der Waals surface area contributed by atoms with Crippen LogP contribution in [-0.2, 0) is 4.79 Å². The molecule has 18 heavy (non-hydrogen) atoms. The zero-order valence-corrected chi connectivity index (χ0v) is 12.1. The normalized spacial score (nSPS) is 14.2. The molecule has 0 saturated carbocycles. The highest BCUT2D eigenvalue weighted by Crippen LogP contribution is 2.24. The lowest BCUT2D eigenvalue weighted by atomic mass is 10.1. The Balaban J connectivity index is 2.62. The number of carboxylic acids is 1. The first kappa shape index (κ1) is 15.3. The summed E-state index contributed by atoms with van der Waals surface area (Å²) in [5.74, 6) is -0.346. The van der Waals surface area contributed by atoms with Crippen molar-refractivity contribution in [3.8, 4) is 0 Å². The van der Waals surface area contributed by atoms with Crippen molar-refractivity contribution in [2.45, 2.75) is 30.7 Å². The second-order valence-corrected chi connectivity index (χ2v) is 5.79. The lowest BCUT2D eigenvalue weighted by molar-refractivity contribution is -0.143. The smallest absolute Gasteiger partial charge is 0.324 e. The van der Waals surface area contributed by atoms with Gasteiger partial charge in [0.25, 0.3) is 0 Å². The Morgan fingerprint density at radius 1 is 1.44 bits per heavy atom. The first-order chi connectivity index (χ1) is 8.48. The van der Waals surface area contributed by atoms with Crippen LogP contribution in [0.3, 0.4) is 0 Å². The molecule has 5 heteroatoms. The van der Waals surface area contributed by atoms with Crippen molar-refractivity contribution in [1.29, 1.82) is 0 Å². The molecule has 1 unspecified atom stereocenters. The lowest BCUT2D eigenvalue weighted by Gasteiger charge is -2.25. The number of hydrogen-bond donors (Lipinski definition) is 2. The molecular weight excluding hydrogens is 270 g/mol. The predicted octanol–water partition coefficient (Wildman–Crippen LogP) is 3.28. The SMILES string of the molecule is CCCNC(C)(CSc1ccc(Cl)cc1)C(=O)O. The minimum Gasteiger partial charge on any atom is -0.480 e. The average Bonchev–Trinajstić information content (AvgIpc) is 2.35. The van der Waals surface area contributed by atoms with Gasteiger partial charge in [0, 0.05) is 15.7 Å². The van der Waals surface area contributed by atoms with Gasteiger partial charge in [0.15, 0.2) is 0 Å². The van der Waals surface area contributed by atoms with Crippen molar-refractivity contribution in [2.75, 3.05) is 12.3 Å². The van der Waals surface area contributed by atoms with Crippen molar-refractivity contribution in [3.63, 3.8) is 0 Å². The zero-order chi connectivity index (χ0) is 13.6. The van der Waals surface area contributed by atoms with Crippen molar-refractivity contribution >= 4 is 29.3 Å². The molecule has 1 aromatic rings. The molecule has 1 rings (SSSR count). The highest BCUT2D eigenvalue weighted by molar-refractivity contribution is 7.99. The van der Waals surface area contributed by atoms with Gasteiger partial charge in [-0.3, -0.25) is 4.79 Å². The summed E-state index contributed by atoms with van der Waals surface area (Å²) in [7, 11) is 0. The van der Waals surface area contributed by atoms with Gasteiger partial charge in [-0.15, -0.1) is 11.8 Å². The number of nitrogens with one attached hydrogen (secondary N) is 1. The fraction of sp³-hybridized carbons (Fsp3) is 0.462. The maximum atomic E-state index is 11.3. The summed E-state index contributed by atoms with van der Waals surface area (Å²) < 4.78 is 0. The number of hydrogen-bond acceptors (Lipinski definition) is 3. The van der Waals surface area contributed by atoms with E-state index in [4.69, 9.17) is 11.6 Å². The summed E-state index contributed by atoms with van der Waals surface area (Å²) in [4.78, 5) is 12.3. The number of aliphatic carboxylic acids is 1. The first-order valence-corrected chi connectivity index (χ1v) is 7.21. The van der Waals surface area contributed by atoms with Gasteiger partial charge in [-0.05, 0) is 44.2 Å². The largest absolute Gasteiger partial charge is 0.480 e. The first-order valence-electron chi connectivity index (χ1n) is 5.85. The highest BCUT2D eigenvalue weighted by atomic mass is 35.5. The Morgan fingerprint density at radius 2 is 2.06 bits per heavy atom. The fourth-order valence-electron chi connectivity index (χ4n) is 1.35. The molecule has 1 atom stereocenters. The van der Waals surface area contributed by atoms with E-state index in [-0.39, 0.29) is 0 Å². The molecule has 0 aliphatic heterocycles. The van der Waals surface area contributed by atoms with E-state index < -0.39 is 11.5 Å². The van der Waals surface area contributed by atoms with Crippen LogP contribution < -0.4 is 5.32 Å². The molecule has 0 aromatic heterocycles. The monoisotopic (exact) mass is 287 g/mol. The van der Waals surface area contributed by atoms with E-state index in [9.17, 15) is 9.90 Å². The third kappa shape index (κ3) is 4.52. The number of thioether (sulfide) groups is 1. The second kappa shape index (κ2) is 7.02. The van der Waals surface area contributed by atoms with Crippen LogP contribution in [0.25, 0.3) is 0 Å². The number of carbonyl (C=O) groups is 1. The third-order valence-corrected chi connectivity index (χ3v) is 4.16. The van der Waals surface area contributed by atoms with E-state index >= 15 is 0 Å². The summed E-state index contributed by atoms with van der Waals surface area (Å²) in [6, 6.07) is 7.41. The van der Waals surface area contributed by atoms with Crippen LogP contribution in [0, 0.1) is 0 Å². The van der Waals surface area contributed by atoms with Crippen molar-refractivity contribution < 1.29 is 9.90 Å². The van der Waals surface area contributed by atoms with Gasteiger partial charge in [-0.1, -0.05) is 18.5 Å². The van der Waals surface area contributed by atoms with E-state index in [0.717, 1.165) is 11.3 Å². The Labute approximate surface area is 117 Å². The van der Waals surface area contributed by atoms with E-state index in [1.807, 2.05) is 31.2 Å². The molecule has 2 N–H and O–H groups in total. The Bertz CT molecular complexity index is 396. The number of rotatable bonds is 7. The van der Waals surface area contributed by atoms with Crippen LogP contribution in [0.2, 0.25) is 5.02 Å². The van der Waals surface area contributed by atoms with E-state index in [1.54, 1.807) is 6.92 Å². The van der Waals surface area contributed by atoms with Crippen molar-refractivity contribution in [3.05, 3.63) is 29.3 Å². The maximum Gasteiger partial charge on any atom is 0.324 e. The molecule has 0 amide bonds. The Morgan fingerprint density at radius 3 is 2.56 bits per heavy atom.